The average molecular weight is 592 g/mol. The van der Waals surface area contributed by atoms with Crippen LogP contribution in [-0.2, 0) is 32.0 Å². The molecule has 43 heavy (non-hydrogen) atoms. The summed E-state index contributed by atoms with van der Waals surface area (Å²) in [5.74, 6) is -1.24. The molecule has 1 aliphatic heterocycles. The fourth-order valence-electron chi connectivity index (χ4n) is 5.53. The number of nitrogens with zero attached hydrogens (tertiary/aromatic N) is 2. The summed E-state index contributed by atoms with van der Waals surface area (Å²) in [6.45, 7) is 4.59. The van der Waals surface area contributed by atoms with Crippen molar-refractivity contribution in [2.24, 2.45) is 5.73 Å². The summed E-state index contributed by atoms with van der Waals surface area (Å²) in [5.41, 5.74) is 6.57. The van der Waals surface area contributed by atoms with E-state index in [0.29, 0.717) is 31.6 Å². The van der Waals surface area contributed by atoms with Crippen molar-refractivity contribution >= 4 is 28.5 Å². The van der Waals surface area contributed by atoms with Gasteiger partial charge in [0.05, 0.1) is 24.2 Å². The number of halogens is 1. The first kappa shape index (κ1) is 32.1. The molecular weight excluding hydrogens is 549 g/mol. The van der Waals surface area contributed by atoms with Gasteiger partial charge in [-0.25, -0.2) is 4.39 Å². The van der Waals surface area contributed by atoms with Crippen LogP contribution < -0.4 is 16.4 Å². The van der Waals surface area contributed by atoms with E-state index in [0.717, 1.165) is 16.3 Å². The lowest BCUT2D eigenvalue weighted by Crippen LogP contribution is -2.65. The highest BCUT2D eigenvalue weighted by atomic mass is 19.1. The first-order chi connectivity index (χ1) is 20.5. The van der Waals surface area contributed by atoms with E-state index >= 15 is 0 Å². The van der Waals surface area contributed by atoms with Gasteiger partial charge in [-0.2, -0.15) is 0 Å². The third-order valence-corrected chi connectivity index (χ3v) is 7.93. The summed E-state index contributed by atoms with van der Waals surface area (Å²) in [5, 5.41) is 7.87. The number of hydrogen-bond acceptors (Lipinski definition) is 6. The summed E-state index contributed by atoms with van der Waals surface area (Å²) in [7, 11) is 3.20. The van der Waals surface area contributed by atoms with Gasteiger partial charge in [0.15, 0.2) is 0 Å². The zero-order valence-corrected chi connectivity index (χ0v) is 25.3. The molecule has 3 atom stereocenters. The van der Waals surface area contributed by atoms with Crippen LogP contribution in [0.3, 0.4) is 0 Å². The topological polar surface area (TPSA) is 117 Å². The quantitative estimate of drug-likeness (QED) is 0.315. The number of methoxy groups -OCH3 is 1. The van der Waals surface area contributed by atoms with Crippen LogP contribution in [0.25, 0.3) is 10.8 Å². The molecule has 10 heteroatoms. The molecule has 3 amide bonds. The van der Waals surface area contributed by atoms with Crippen LogP contribution in [0.2, 0.25) is 0 Å². The van der Waals surface area contributed by atoms with Crippen LogP contribution in [0.15, 0.2) is 66.7 Å². The highest BCUT2D eigenvalue weighted by molar-refractivity contribution is 5.92. The molecule has 0 radical (unpaired) electrons. The van der Waals surface area contributed by atoms with Gasteiger partial charge in [0.2, 0.25) is 17.7 Å². The largest absolute Gasteiger partial charge is 0.382 e. The van der Waals surface area contributed by atoms with E-state index in [-0.39, 0.29) is 36.7 Å². The molecule has 3 aromatic carbocycles. The van der Waals surface area contributed by atoms with Crippen LogP contribution in [-0.4, -0.2) is 91.6 Å². The Kier molecular flexibility index (Phi) is 10.5. The van der Waals surface area contributed by atoms with Crippen molar-refractivity contribution in [2.75, 3.05) is 40.4 Å². The number of ether oxygens (including phenoxy) is 1. The van der Waals surface area contributed by atoms with E-state index in [2.05, 4.69) is 39.8 Å². The number of hydrogen-bond donors (Lipinski definition) is 3. The van der Waals surface area contributed by atoms with Crippen molar-refractivity contribution in [3.05, 3.63) is 83.7 Å². The molecule has 4 rings (SSSR count). The molecular formula is C33H42FN5O4. The average Bonchev–Trinajstić information content (AvgIpc) is 2.99. The van der Waals surface area contributed by atoms with Crippen LogP contribution in [0, 0.1) is 5.82 Å². The fourth-order valence-corrected chi connectivity index (χ4v) is 5.53. The maximum absolute atomic E-state index is 14.0. The molecule has 9 nitrogen and oxygen atoms in total. The third-order valence-electron chi connectivity index (χ3n) is 7.93. The van der Waals surface area contributed by atoms with E-state index in [1.54, 1.807) is 45.0 Å². The van der Waals surface area contributed by atoms with Gasteiger partial charge >= 0.3 is 0 Å². The fraction of sp³-hybridized carbons (Fsp3) is 0.424. The number of likely N-dealkylation sites (N-methyl/N-ethyl adjacent to an activating group) is 1. The van der Waals surface area contributed by atoms with Crippen molar-refractivity contribution in [3.8, 4) is 0 Å². The van der Waals surface area contributed by atoms with Crippen LogP contribution in [0.4, 0.5) is 4.39 Å². The number of benzene rings is 3. The van der Waals surface area contributed by atoms with E-state index < -0.39 is 23.5 Å². The van der Waals surface area contributed by atoms with Crippen molar-refractivity contribution in [1.82, 2.24) is 20.4 Å². The van der Waals surface area contributed by atoms with Gasteiger partial charge < -0.3 is 26.0 Å². The van der Waals surface area contributed by atoms with Gasteiger partial charge in [0, 0.05) is 40.2 Å². The van der Waals surface area contributed by atoms with Crippen molar-refractivity contribution in [1.29, 1.82) is 0 Å². The van der Waals surface area contributed by atoms with Gasteiger partial charge in [-0.3, -0.25) is 19.3 Å². The van der Waals surface area contributed by atoms with E-state index in [9.17, 15) is 18.8 Å². The Morgan fingerprint density at radius 1 is 1.00 bits per heavy atom. The third kappa shape index (κ3) is 8.16. The Hall–Kier alpha value is -3.86. The number of fused-ring (bicyclic) bond motifs is 1. The minimum Gasteiger partial charge on any atom is -0.382 e. The number of carbonyl (C=O) groups is 3. The first-order valence-electron chi connectivity index (χ1n) is 14.6. The molecule has 0 unspecified atom stereocenters. The van der Waals surface area contributed by atoms with Crippen molar-refractivity contribution in [3.63, 3.8) is 0 Å². The second-order valence-electron chi connectivity index (χ2n) is 11.7. The van der Waals surface area contributed by atoms with Crippen LogP contribution in [0.1, 0.15) is 25.0 Å². The van der Waals surface area contributed by atoms with Crippen molar-refractivity contribution in [2.45, 2.75) is 50.4 Å². The monoisotopic (exact) mass is 591 g/mol. The summed E-state index contributed by atoms with van der Waals surface area (Å²) in [6, 6.07) is 18.4. The minimum absolute atomic E-state index is 0.101. The molecule has 0 saturated carbocycles. The lowest BCUT2D eigenvalue weighted by atomic mass is 9.98. The normalized spacial score (nSPS) is 17.3. The Morgan fingerprint density at radius 3 is 2.33 bits per heavy atom. The van der Waals surface area contributed by atoms with E-state index in [1.165, 1.54) is 12.1 Å². The first-order valence-corrected chi connectivity index (χ1v) is 14.6. The summed E-state index contributed by atoms with van der Waals surface area (Å²) in [4.78, 5) is 43.9. The number of rotatable bonds is 11. The second kappa shape index (κ2) is 14.1. The lowest BCUT2D eigenvalue weighted by molar-refractivity contribution is -0.144. The molecule has 1 fully saturated rings. The van der Waals surface area contributed by atoms with E-state index in [4.69, 9.17) is 10.5 Å². The number of nitrogens with two attached hydrogens (primary N) is 1. The predicted octanol–water partition coefficient (Wildman–Crippen LogP) is 2.26. The lowest BCUT2D eigenvalue weighted by Gasteiger charge is -2.45. The summed E-state index contributed by atoms with van der Waals surface area (Å²) in [6.07, 6.45) is 0.677. The second-order valence-corrected chi connectivity index (χ2v) is 11.7. The zero-order valence-electron chi connectivity index (χ0n) is 25.3. The highest BCUT2D eigenvalue weighted by Gasteiger charge is 2.39. The predicted molar refractivity (Wildman–Crippen MR) is 165 cm³/mol. The molecule has 3 aromatic rings. The summed E-state index contributed by atoms with van der Waals surface area (Å²) >= 11 is 0. The Labute approximate surface area is 252 Å². The molecule has 4 N–H and O–H groups in total. The summed E-state index contributed by atoms with van der Waals surface area (Å²) < 4.78 is 19.1. The molecule has 0 spiro atoms. The molecule has 1 heterocycles. The van der Waals surface area contributed by atoms with Crippen molar-refractivity contribution < 1.29 is 23.5 Å². The molecule has 0 bridgehead atoms. The molecule has 1 saturated heterocycles. The van der Waals surface area contributed by atoms with Gasteiger partial charge in [0.25, 0.3) is 0 Å². The SMILES string of the molecule is CNC(=O)[C@@H](Cc1ccc2ccccc2c1)N1CCN(C(=O)[C@H](Cc2ccc(F)cc2)NC(=O)C(C)(C)N)[C@H](COC)C1. The van der Waals surface area contributed by atoms with Crippen LogP contribution in [0.5, 0.6) is 0 Å². The standard InChI is InChI=1S/C33H42FN5O4/c1-33(2,35)32(42)37-28(18-22-10-13-26(34)14-11-22)31(41)39-16-15-38(20-27(39)21-43-4)29(30(40)36-3)19-23-9-12-24-7-5-6-8-25(24)17-23/h5-14,17,27-29H,15-16,18-21,35H2,1-4H3,(H,36,40)(H,37,42)/t27-,28-,29+/m0/s1. The Morgan fingerprint density at radius 2 is 1.67 bits per heavy atom. The maximum atomic E-state index is 14.0. The number of piperazine rings is 1. The van der Waals surface area contributed by atoms with Crippen LogP contribution >= 0.6 is 0 Å². The van der Waals surface area contributed by atoms with E-state index in [1.807, 2.05) is 18.2 Å². The molecule has 230 valence electrons. The van der Waals surface area contributed by atoms with Gasteiger partial charge in [0.1, 0.15) is 11.9 Å². The molecule has 0 aliphatic carbocycles. The molecule has 1 aliphatic rings. The van der Waals surface area contributed by atoms with Gasteiger partial charge in [-0.1, -0.05) is 54.6 Å². The molecule has 0 aromatic heterocycles. The number of carbonyl (C=O) groups excluding carboxylic acids is 3. The van der Waals surface area contributed by atoms with Gasteiger partial charge in [-0.05, 0) is 54.3 Å². The Balaban J connectivity index is 1.55. The zero-order chi connectivity index (χ0) is 31.1. The number of amides is 3. The minimum atomic E-state index is -1.20. The Bertz CT molecular complexity index is 1420. The number of nitrogens with one attached hydrogen (secondary N) is 2. The smallest absolute Gasteiger partial charge is 0.245 e. The maximum Gasteiger partial charge on any atom is 0.245 e. The highest BCUT2D eigenvalue weighted by Crippen LogP contribution is 2.22. The van der Waals surface area contributed by atoms with Gasteiger partial charge in [-0.15, -0.1) is 0 Å².